The standard InChI is InChI=1S/C13H19NO2/c1-3-16-13-7-6-12(15-2)8-10(13)9-14-11-4-5-11/h6-8,11,14H,3-5,9H2,1-2H3. The van der Waals surface area contributed by atoms with Crippen LogP contribution >= 0.6 is 0 Å². The number of ether oxygens (including phenoxy) is 2. The molecule has 1 aromatic carbocycles. The van der Waals surface area contributed by atoms with Crippen molar-refractivity contribution < 1.29 is 9.47 Å². The molecule has 0 saturated heterocycles. The Morgan fingerprint density at radius 1 is 1.38 bits per heavy atom. The highest BCUT2D eigenvalue weighted by atomic mass is 16.5. The molecule has 0 atom stereocenters. The van der Waals surface area contributed by atoms with Gasteiger partial charge < -0.3 is 14.8 Å². The number of benzene rings is 1. The van der Waals surface area contributed by atoms with Gasteiger partial charge in [-0.05, 0) is 38.0 Å². The third-order valence-electron chi connectivity index (χ3n) is 2.73. The van der Waals surface area contributed by atoms with Crippen molar-refractivity contribution in [2.45, 2.75) is 32.4 Å². The monoisotopic (exact) mass is 221 g/mol. The molecule has 0 spiro atoms. The fourth-order valence-corrected chi connectivity index (χ4v) is 1.66. The molecule has 1 aliphatic rings. The third kappa shape index (κ3) is 2.89. The predicted molar refractivity (Wildman–Crippen MR) is 64.0 cm³/mol. The Kier molecular flexibility index (Phi) is 3.67. The summed E-state index contributed by atoms with van der Waals surface area (Å²) in [7, 11) is 1.69. The van der Waals surface area contributed by atoms with E-state index in [9.17, 15) is 0 Å². The number of nitrogens with one attached hydrogen (secondary N) is 1. The molecule has 1 aromatic rings. The van der Waals surface area contributed by atoms with Crippen molar-refractivity contribution in [3.05, 3.63) is 23.8 Å². The summed E-state index contributed by atoms with van der Waals surface area (Å²) in [5, 5.41) is 3.49. The van der Waals surface area contributed by atoms with Gasteiger partial charge >= 0.3 is 0 Å². The summed E-state index contributed by atoms with van der Waals surface area (Å²) < 4.78 is 10.8. The highest BCUT2D eigenvalue weighted by molar-refractivity contribution is 5.40. The molecule has 1 saturated carbocycles. The van der Waals surface area contributed by atoms with Crippen LogP contribution in [0.5, 0.6) is 11.5 Å². The summed E-state index contributed by atoms with van der Waals surface area (Å²) in [4.78, 5) is 0. The molecule has 1 N–H and O–H groups in total. The van der Waals surface area contributed by atoms with Crippen LogP contribution in [-0.4, -0.2) is 19.8 Å². The minimum absolute atomic E-state index is 0.697. The highest BCUT2D eigenvalue weighted by Gasteiger charge is 2.20. The number of hydrogen-bond acceptors (Lipinski definition) is 3. The maximum Gasteiger partial charge on any atom is 0.124 e. The van der Waals surface area contributed by atoms with Gasteiger partial charge in [0.15, 0.2) is 0 Å². The largest absolute Gasteiger partial charge is 0.497 e. The molecule has 16 heavy (non-hydrogen) atoms. The van der Waals surface area contributed by atoms with Crippen molar-refractivity contribution in [2.24, 2.45) is 0 Å². The van der Waals surface area contributed by atoms with Crippen LogP contribution in [0.1, 0.15) is 25.3 Å². The van der Waals surface area contributed by atoms with Crippen molar-refractivity contribution in [2.75, 3.05) is 13.7 Å². The van der Waals surface area contributed by atoms with Crippen molar-refractivity contribution in [1.82, 2.24) is 5.32 Å². The van der Waals surface area contributed by atoms with Crippen LogP contribution in [0.2, 0.25) is 0 Å². The molecule has 0 unspecified atom stereocenters. The minimum atomic E-state index is 0.697. The zero-order chi connectivity index (χ0) is 11.4. The molecule has 0 bridgehead atoms. The number of hydrogen-bond donors (Lipinski definition) is 1. The highest BCUT2D eigenvalue weighted by Crippen LogP contribution is 2.26. The number of methoxy groups -OCH3 is 1. The van der Waals surface area contributed by atoms with Crippen LogP contribution < -0.4 is 14.8 Å². The molecule has 0 aromatic heterocycles. The summed E-state index contributed by atoms with van der Waals surface area (Å²) in [6, 6.07) is 6.67. The zero-order valence-electron chi connectivity index (χ0n) is 9.95. The Hall–Kier alpha value is -1.22. The van der Waals surface area contributed by atoms with E-state index in [4.69, 9.17) is 9.47 Å². The Bertz CT molecular complexity index is 348. The SMILES string of the molecule is CCOc1ccc(OC)cc1CNC1CC1. The van der Waals surface area contributed by atoms with E-state index in [0.717, 1.165) is 18.0 Å². The van der Waals surface area contributed by atoms with Crippen molar-refractivity contribution in [3.8, 4) is 11.5 Å². The summed E-state index contributed by atoms with van der Waals surface area (Å²) in [6.07, 6.45) is 2.60. The van der Waals surface area contributed by atoms with Crippen LogP contribution in [0.4, 0.5) is 0 Å². The van der Waals surface area contributed by atoms with Crippen LogP contribution in [0.3, 0.4) is 0 Å². The van der Waals surface area contributed by atoms with Crippen molar-refractivity contribution >= 4 is 0 Å². The molecule has 2 rings (SSSR count). The average molecular weight is 221 g/mol. The quantitative estimate of drug-likeness (QED) is 0.799. The summed E-state index contributed by atoms with van der Waals surface area (Å²) in [5.74, 6) is 1.84. The first-order valence-electron chi connectivity index (χ1n) is 5.86. The fraction of sp³-hybridized carbons (Fsp3) is 0.538. The smallest absolute Gasteiger partial charge is 0.124 e. The average Bonchev–Trinajstić information content (AvgIpc) is 3.12. The summed E-state index contributed by atoms with van der Waals surface area (Å²) in [5.41, 5.74) is 1.17. The Morgan fingerprint density at radius 3 is 2.81 bits per heavy atom. The summed E-state index contributed by atoms with van der Waals surface area (Å²) >= 11 is 0. The van der Waals surface area contributed by atoms with E-state index >= 15 is 0 Å². The lowest BCUT2D eigenvalue weighted by molar-refractivity contribution is 0.334. The Balaban J connectivity index is 2.08. The molecule has 0 heterocycles. The topological polar surface area (TPSA) is 30.5 Å². The normalized spacial score (nSPS) is 14.9. The van der Waals surface area contributed by atoms with Gasteiger partial charge in [-0.15, -0.1) is 0 Å². The maximum absolute atomic E-state index is 5.59. The predicted octanol–water partition coefficient (Wildman–Crippen LogP) is 2.35. The van der Waals surface area contributed by atoms with Crippen molar-refractivity contribution in [1.29, 1.82) is 0 Å². The van der Waals surface area contributed by atoms with E-state index < -0.39 is 0 Å². The lowest BCUT2D eigenvalue weighted by atomic mass is 10.2. The van der Waals surface area contributed by atoms with Gasteiger partial charge in [0.1, 0.15) is 11.5 Å². The van der Waals surface area contributed by atoms with Gasteiger partial charge in [-0.2, -0.15) is 0 Å². The van der Waals surface area contributed by atoms with E-state index in [1.165, 1.54) is 18.4 Å². The second-order valence-corrected chi connectivity index (χ2v) is 4.06. The van der Waals surface area contributed by atoms with E-state index in [1.807, 2.05) is 25.1 Å². The first-order valence-corrected chi connectivity index (χ1v) is 5.86. The first-order chi connectivity index (χ1) is 7.83. The molecule has 88 valence electrons. The Morgan fingerprint density at radius 2 is 2.19 bits per heavy atom. The van der Waals surface area contributed by atoms with Gasteiger partial charge in [-0.3, -0.25) is 0 Å². The Labute approximate surface area is 96.8 Å². The number of rotatable bonds is 6. The fourth-order valence-electron chi connectivity index (χ4n) is 1.66. The molecule has 0 aliphatic heterocycles. The van der Waals surface area contributed by atoms with E-state index in [2.05, 4.69) is 5.32 Å². The van der Waals surface area contributed by atoms with Crippen molar-refractivity contribution in [3.63, 3.8) is 0 Å². The molecule has 3 nitrogen and oxygen atoms in total. The van der Waals surface area contributed by atoms with Crippen LogP contribution in [-0.2, 0) is 6.54 Å². The maximum atomic E-state index is 5.59. The van der Waals surface area contributed by atoms with E-state index in [0.29, 0.717) is 12.6 Å². The molecular formula is C13H19NO2. The van der Waals surface area contributed by atoms with Crippen LogP contribution in [0.25, 0.3) is 0 Å². The van der Waals surface area contributed by atoms with Gasteiger partial charge in [-0.25, -0.2) is 0 Å². The van der Waals surface area contributed by atoms with Crippen LogP contribution in [0, 0.1) is 0 Å². The van der Waals surface area contributed by atoms with Gasteiger partial charge in [0.2, 0.25) is 0 Å². The second kappa shape index (κ2) is 5.21. The molecule has 1 fully saturated rings. The third-order valence-corrected chi connectivity index (χ3v) is 2.73. The lowest BCUT2D eigenvalue weighted by Crippen LogP contribution is -2.16. The molecule has 0 radical (unpaired) electrons. The van der Waals surface area contributed by atoms with E-state index in [1.54, 1.807) is 7.11 Å². The van der Waals surface area contributed by atoms with E-state index in [-0.39, 0.29) is 0 Å². The minimum Gasteiger partial charge on any atom is -0.497 e. The zero-order valence-corrected chi connectivity index (χ0v) is 9.95. The second-order valence-electron chi connectivity index (χ2n) is 4.06. The van der Waals surface area contributed by atoms with Gasteiger partial charge in [0, 0.05) is 18.2 Å². The molecule has 1 aliphatic carbocycles. The van der Waals surface area contributed by atoms with Crippen LogP contribution in [0.15, 0.2) is 18.2 Å². The van der Waals surface area contributed by atoms with Gasteiger partial charge in [0.25, 0.3) is 0 Å². The first kappa shape index (κ1) is 11.3. The van der Waals surface area contributed by atoms with Gasteiger partial charge in [-0.1, -0.05) is 0 Å². The summed E-state index contributed by atoms with van der Waals surface area (Å²) in [6.45, 7) is 3.56. The lowest BCUT2D eigenvalue weighted by Gasteiger charge is -2.12. The molecular weight excluding hydrogens is 202 g/mol. The molecule has 0 amide bonds. The van der Waals surface area contributed by atoms with Gasteiger partial charge in [0.05, 0.1) is 13.7 Å². The molecule has 3 heteroatoms.